The molecule has 0 saturated carbocycles. The highest BCUT2D eigenvalue weighted by atomic mass is 16.5. The summed E-state index contributed by atoms with van der Waals surface area (Å²) in [5.74, 6) is 1.94. The van der Waals surface area contributed by atoms with E-state index in [9.17, 15) is 0 Å². The fourth-order valence-electron chi connectivity index (χ4n) is 3.78. The van der Waals surface area contributed by atoms with Crippen LogP contribution in [-0.2, 0) is 9.47 Å². The predicted octanol–water partition coefficient (Wildman–Crippen LogP) is 1.66. The first kappa shape index (κ1) is 18.3. The topological polar surface area (TPSA) is 81.4 Å². The Kier molecular flexibility index (Phi) is 4.76. The summed E-state index contributed by atoms with van der Waals surface area (Å²) in [7, 11) is 0. The van der Waals surface area contributed by atoms with E-state index >= 15 is 0 Å². The number of nitrogens with zero attached hydrogens (tertiary/aromatic N) is 7. The van der Waals surface area contributed by atoms with E-state index in [0.717, 1.165) is 30.7 Å². The minimum absolute atomic E-state index is 0.132. The van der Waals surface area contributed by atoms with E-state index in [1.165, 1.54) is 0 Å². The minimum Gasteiger partial charge on any atom is -0.378 e. The van der Waals surface area contributed by atoms with Crippen LogP contribution in [0.5, 0.6) is 0 Å². The summed E-state index contributed by atoms with van der Waals surface area (Å²) in [6.45, 7) is 8.50. The van der Waals surface area contributed by atoms with Crippen molar-refractivity contribution in [1.82, 2.24) is 24.5 Å². The third-order valence-corrected chi connectivity index (χ3v) is 5.43. The van der Waals surface area contributed by atoms with E-state index in [-0.39, 0.29) is 12.1 Å². The van der Waals surface area contributed by atoms with Gasteiger partial charge in [0.15, 0.2) is 0 Å². The number of rotatable bonds is 3. The number of morpholine rings is 2. The van der Waals surface area contributed by atoms with Gasteiger partial charge in [0.05, 0.1) is 43.0 Å². The van der Waals surface area contributed by atoms with Crippen molar-refractivity contribution in [2.24, 2.45) is 0 Å². The minimum atomic E-state index is 0.132. The highest BCUT2D eigenvalue weighted by Crippen LogP contribution is 2.24. The third kappa shape index (κ3) is 3.51. The van der Waals surface area contributed by atoms with Crippen molar-refractivity contribution >= 4 is 22.9 Å². The van der Waals surface area contributed by atoms with Crippen LogP contribution < -0.4 is 9.80 Å². The fraction of sp³-hybridized carbons (Fsp3) is 0.500. The van der Waals surface area contributed by atoms with Crippen molar-refractivity contribution in [1.29, 1.82) is 0 Å². The van der Waals surface area contributed by atoms with Gasteiger partial charge in [-0.3, -0.25) is 4.57 Å². The lowest BCUT2D eigenvalue weighted by Crippen LogP contribution is -2.48. The van der Waals surface area contributed by atoms with Gasteiger partial charge in [0, 0.05) is 19.6 Å². The van der Waals surface area contributed by atoms with Gasteiger partial charge in [-0.1, -0.05) is 12.1 Å². The first-order chi connectivity index (χ1) is 14.2. The molecule has 3 aromatic rings. The highest BCUT2D eigenvalue weighted by molar-refractivity contribution is 5.76. The predicted molar refractivity (Wildman–Crippen MR) is 110 cm³/mol. The van der Waals surface area contributed by atoms with Gasteiger partial charge in [0.1, 0.15) is 6.33 Å². The van der Waals surface area contributed by atoms with Crippen LogP contribution in [-0.4, -0.2) is 76.1 Å². The number of hydrogen-bond acceptors (Lipinski definition) is 8. The molecule has 0 aliphatic carbocycles. The summed E-state index contributed by atoms with van der Waals surface area (Å²) in [6, 6.07) is 8.19. The molecule has 152 valence electrons. The summed E-state index contributed by atoms with van der Waals surface area (Å²) in [6.07, 6.45) is 1.91. The Hall–Kier alpha value is -2.78. The molecular formula is C20H25N7O2. The molecule has 0 spiro atoms. The summed E-state index contributed by atoms with van der Waals surface area (Å²) >= 11 is 0. The lowest BCUT2D eigenvalue weighted by atomic mass is 10.2. The molecule has 2 aliphatic rings. The van der Waals surface area contributed by atoms with Gasteiger partial charge < -0.3 is 19.3 Å². The molecule has 0 bridgehead atoms. The van der Waals surface area contributed by atoms with E-state index < -0.39 is 0 Å². The Morgan fingerprint density at radius 3 is 2.59 bits per heavy atom. The number of para-hydroxylation sites is 2. The second-order valence-corrected chi connectivity index (χ2v) is 7.58. The van der Waals surface area contributed by atoms with Crippen molar-refractivity contribution in [3.8, 4) is 5.95 Å². The lowest BCUT2D eigenvalue weighted by molar-refractivity contribution is 0.0336. The largest absolute Gasteiger partial charge is 0.378 e. The fourth-order valence-corrected chi connectivity index (χ4v) is 3.78. The standard InChI is InChI=1S/C20H25N7O2/c1-14-12-29-15(2)11-26(14)19-22-18(25-7-9-28-10-8-25)23-20(24-19)27-13-21-16-5-3-4-6-17(16)27/h3-6,13-15H,7-12H2,1-2H3/t14-,15+/m1/s1. The van der Waals surface area contributed by atoms with Gasteiger partial charge in [-0.25, -0.2) is 4.98 Å². The molecule has 9 heteroatoms. The molecule has 9 nitrogen and oxygen atoms in total. The molecule has 2 fully saturated rings. The normalized spacial score (nSPS) is 23.0. The Balaban J connectivity index is 1.61. The molecule has 2 aromatic heterocycles. The highest BCUT2D eigenvalue weighted by Gasteiger charge is 2.28. The first-order valence-corrected chi connectivity index (χ1v) is 10.1. The first-order valence-electron chi connectivity index (χ1n) is 10.1. The zero-order chi connectivity index (χ0) is 19.8. The smallest absolute Gasteiger partial charge is 0.242 e. The van der Waals surface area contributed by atoms with Gasteiger partial charge in [-0.15, -0.1) is 0 Å². The van der Waals surface area contributed by atoms with Gasteiger partial charge in [0.25, 0.3) is 0 Å². The quantitative estimate of drug-likeness (QED) is 0.662. The molecule has 2 atom stereocenters. The molecule has 4 heterocycles. The molecule has 5 rings (SSSR count). The maximum atomic E-state index is 5.79. The van der Waals surface area contributed by atoms with Crippen LogP contribution in [0.15, 0.2) is 30.6 Å². The van der Waals surface area contributed by atoms with Gasteiger partial charge in [0.2, 0.25) is 17.8 Å². The number of imidazole rings is 1. The second kappa shape index (κ2) is 7.57. The van der Waals surface area contributed by atoms with E-state index in [1.807, 2.05) is 28.8 Å². The zero-order valence-corrected chi connectivity index (χ0v) is 16.7. The van der Waals surface area contributed by atoms with E-state index in [1.54, 1.807) is 6.33 Å². The molecule has 0 unspecified atom stereocenters. The van der Waals surface area contributed by atoms with Gasteiger partial charge in [-0.05, 0) is 26.0 Å². The van der Waals surface area contributed by atoms with Crippen molar-refractivity contribution < 1.29 is 9.47 Å². The third-order valence-electron chi connectivity index (χ3n) is 5.43. The summed E-state index contributed by atoms with van der Waals surface area (Å²) in [5.41, 5.74) is 1.89. The molecule has 2 saturated heterocycles. The van der Waals surface area contributed by atoms with Crippen molar-refractivity contribution in [2.45, 2.75) is 26.0 Å². The van der Waals surface area contributed by atoms with E-state index in [0.29, 0.717) is 37.7 Å². The Labute approximate surface area is 169 Å². The molecule has 1 aromatic carbocycles. The van der Waals surface area contributed by atoms with Crippen LogP contribution in [0.25, 0.3) is 17.0 Å². The number of ether oxygens (including phenoxy) is 2. The lowest BCUT2D eigenvalue weighted by Gasteiger charge is -2.37. The van der Waals surface area contributed by atoms with Crippen molar-refractivity contribution in [3.05, 3.63) is 30.6 Å². The Morgan fingerprint density at radius 2 is 1.72 bits per heavy atom. The number of benzene rings is 1. The van der Waals surface area contributed by atoms with Crippen LogP contribution in [0.2, 0.25) is 0 Å². The number of aromatic nitrogens is 5. The second-order valence-electron chi connectivity index (χ2n) is 7.58. The molecule has 2 aliphatic heterocycles. The SMILES string of the molecule is C[C@@H]1CO[C@@H](C)CN1c1nc(N2CCOCC2)nc(-n2cnc3ccccc32)n1. The number of anilines is 2. The molecule has 0 radical (unpaired) electrons. The summed E-state index contributed by atoms with van der Waals surface area (Å²) in [4.78, 5) is 23.4. The van der Waals surface area contributed by atoms with Crippen LogP contribution >= 0.6 is 0 Å². The number of hydrogen-bond donors (Lipinski definition) is 0. The Morgan fingerprint density at radius 1 is 0.966 bits per heavy atom. The van der Waals surface area contributed by atoms with Crippen molar-refractivity contribution in [3.63, 3.8) is 0 Å². The zero-order valence-electron chi connectivity index (χ0n) is 16.7. The van der Waals surface area contributed by atoms with Crippen LogP contribution in [0.4, 0.5) is 11.9 Å². The number of fused-ring (bicyclic) bond motifs is 1. The maximum absolute atomic E-state index is 5.79. The van der Waals surface area contributed by atoms with Crippen LogP contribution in [0.3, 0.4) is 0 Å². The summed E-state index contributed by atoms with van der Waals surface area (Å²) < 4.78 is 13.2. The molecular weight excluding hydrogens is 370 g/mol. The van der Waals surface area contributed by atoms with Crippen molar-refractivity contribution in [2.75, 3.05) is 49.3 Å². The van der Waals surface area contributed by atoms with Crippen LogP contribution in [0.1, 0.15) is 13.8 Å². The van der Waals surface area contributed by atoms with Gasteiger partial charge in [-0.2, -0.15) is 15.0 Å². The molecule has 0 amide bonds. The summed E-state index contributed by atoms with van der Waals surface area (Å²) in [5, 5.41) is 0. The maximum Gasteiger partial charge on any atom is 0.242 e. The molecule has 29 heavy (non-hydrogen) atoms. The average Bonchev–Trinajstić information content (AvgIpc) is 3.20. The van der Waals surface area contributed by atoms with E-state index in [2.05, 4.69) is 28.6 Å². The van der Waals surface area contributed by atoms with Gasteiger partial charge >= 0.3 is 0 Å². The molecule has 0 N–H and O–H groups in total. The van der Waals surface area contributed by atoms with Crippen LogP contribution in [0, 0.1) is 0 Å². The monoisotopic (exact) mass is 395 g/mol. The van der Waals surface area contributed by atoms with E-state index in [4.69, 9.17) is 24.4 Å². The Bertz CT molecular complexity index is 1000. The average molecular weight is 395 g/mol.